The lowest BCUT2D eigenvalue weighted by atomic mass is 10.1. The van der Waals surface area contributed by atoms with Crippen molar-refractivity contribution in [1.82, 2.24) is 5.06 Å². The number of hydrogen-bond acceptors (Lipinski definition) is 4. The smallest absolute Gasteiger partial charge is 0.329 e. The molecule has 1 amide bonds. The van der Waals surface area contributed by atoms with Crippen LogP contribution in [-0.4, -0.2) is 40.6 Å². The summed E-state index contributed by atoms with van der Waals surface area (Å²) in [7, 11) is 0. The molecular formula is C15H21ClN4O4. The monoisotopic (exact) mass is 356 g/mol. The first-order valence-electron chi connectivity index (χ1n) is 7.26. The highest BCUT2D eigenvalue weighted by Gasteiger charge is 2.28. The lowest BCUT2D eigenvalue weighted by Crippen LogP contribution is -2.44. The van der Waals surface area contributed by atoms with Crippen LogP contribution < -0.4 is 11.5 Å². The van der Waals surface area contributed by atoms with E-state index < -0.39 is 17.9 Å². The van der Waals surface area contributed by atoms with Gasteiger partial charge in [-0.2, -0.15) is 0 Å². The average Bonchev–Trinajstić information content (AvgIpc) is 2.48. The van der Waals surface area contributed by atoms with Gasteiger partial charge in [-0.3, -0.25) is 14.6 Å². The zero-order valence-corrected chi connectivity index (χ0v) is 14.1. The second-order valence-corrected chi connectivity index (χ2v) is 5.49. The number of carbonyl (C=O) groups is 2. The van der Waals surface area contributed by atoms with Crippen LogP contribution in [0, 0.1) is 0 Å². The van der Waals surface area contributed by atoms with Crippen LogP contribution in [0.3, 0.4) is 0 Å². The maximum Gasteiger partial charge on any atom is 0.329 e. The van der Waals surface area contributed by atoms with Gasteiger partial charge < -0.3 is 16.6 Å². The highest BCUT2D eigenvalue weighted by molar-refractivity contribution is 6.30. The molecule has 1 atom stereocenters. The summed E-state index contributed by atoms with van der Waals surface area (Å²) in [5, 5.41) is 10.7. The van der Waals surface area contributed by atoms with E-state index in [1.54, 1.807) is 24.3 Å². The number of hydroxylamine groups is 2. The maximum absolute atomic E-state index is 11.8. The molecule has 0 fully saturated rings. The number of guanidine groups is 1. The predicted octanol–water partition coefficient (Wildman–Crippen LogP) is 1.13. The number of rotatable bonds is 9. The molecule has 0 aliphatic heterocycles. The normalized spacial score (nSPS) is 11.6. The second kappa shape index (κ2) is 9.74. The molecule has 0 aliphatic carbocycles. The van der Waals surface area contributed by atoms with Gasteiger partial charge in [0.1, 0.15) is 6.61 Å². The fraction of sp³-hybridized carbons (Fsp3) is 0.400. The molecule has 0 aliphatic rings. The number of carbonyl (C=O) groups excluding carboxylic acids is 1. The number of amides is 1. The van der Waals surface area contributed by atoms with E-state index in [4.69, 9.17) is 27.9 Å². The number of nitrogens with two attached hydrogens (primary N) is 2. The summed E-state index contributed by atoms with van der Waals surface area (Å²) in [5.41, 5.74) is 11.1. The van der Waals surface area contributed by atoms with Crippen LogP contribution in [0.2, 0.25) is 5.02 Å². The Morgan fingerprint density at radius 2 is 2.12 bits per heavy atom. The lowest BCUT2D eigenvalue weighted by Gasteiger charge is -2.26. The van der Waals surface area contributed by atoms with Gasteiger partial charge in [0.25, 0.3) is 0 Å². The van der Waals surface area contributed by atoms with Crippen LogP contribution in [0.5, 0.6) is 0 Å². The molecule has 132 valence electrons. The van der Waals surface area contributed by atoms with E-state index in [1.807, 2.05) is 0 Å². The van der Waals surface area contributed by atoms with Crippen molar-refractivity contribution in [3.8, 4) is 0 Å². The number of benzene rings is 1. The van der Waals surface area contributed by atoms with Gasteiger partial charge in [0, 0.05) is 18.5 Å². The summed E-state index contributed by atoms with van der Waals surface area (Å²) in [6.45, 7) is 1.54. The molecule has 0 radical (unpaired) electrons. The largest absolute Gasteiger partial charge is 0.480 e. The minimum atomic E-state index is -1.17. The molecule has 24 heavy (non-hydrogen) atoms. The number of nitrogens with zero attached hydrogens (tertiary/aromatic N) is 2. The van der Waals surface area contributed by atoms with E-state index in [-0.39, 0.29) is 25.5 Å². The van der Waals surface area contributed by atoms with Gasteiger partial charge >= 0.3 is 5.97 Å². The molecule has 0 saturated heterocycles. The molecule has 9 heteroatoms. The topological polar surface area (TPSA) is 131 Å². The lowest BCUT2D eigenvalue weighted by molar-refractivity contribution is -0.210. The van der Waals surface area contributed by atoms with Crippen molar-refractivity contribution in [3.05, 3.63) is 34.9 Å². The summed E-state index contributed by atoms with van der Waals surface area (Å²) in [4.78, 5) is 32.4. The molecule has 0 bridgehead atoms. The summed E-state index contributed by atoms with van der Waals surface area (Å²) in [6, 6.07) is 5.75. The minimum absolute atomic E-state index is 0.0256. The molecule has 8 nitrogen and oxygen atoms in total. The highest BCUT2D eigenvalue weighted by atomic mass is 35.5. The van der Waals surface area contributed by atoms with Gasteiger partial charge in [-0.15, -0.1) is 0 Å². The Bertz CT molecular complexity index is 605. The number of carboxylic acids is 1. The van der Waals surface area contributed by atoms with Crippen molar-refractivity contribution in [1.29, 1.82) is 0 Å². The van der Waals surface area contributed by atoms with Crippen molar-refractivity contribution in [3.63, 3.8) is 0 Å². The zero-order chi connectivity index (χ0) is 18.1. The standard InChI is InChI=1S/C15H21ClN4O4/c1-10(21)20(24-9-11-4-2-5-12(16)8-11)13(14(22)23)6-3-7-19-15(17)18/h2,4-5,8,13H,3,6-7,9H2,1H3,(H,22,23)(H4,17,18,19)/t13-/m0/s1. The fourth-order valence-corrected chi connectivity index (χ4v) is 2.22. The van der Waals surface area contributed by atoms with Crippen LogP contribution >= 0.6 is 11.6 Å². The molecule has 1 aromatic carbocycles. The fourth-order valence-electron chi connectivity index (χ4n) is 2.00. The summed E-state index contributed by atoms with van der Waals surface area (Å²) in [5.74, 6) is -1.74. The Morgan fingerprint density at radius 3 is 2.67 bits per heavy atom. The molecule has 0 saturated carbocycles. The molecule has 0 unspecified atom stereocenters. The van der Waals surface area contributed by atoms with Gasteiger partial charge in [-0.25, -0.2) is 9.86 Å². The van der Waals surface area contributed by atoms with Gasteiger partial charge in [0.2, 0.25) is 5.91 Å². The summed E-state index contributed by atoms with van der Waals surface area (Å²) in [6.07, 6.45) is 0.542. The van der Waals surface area contributed by atoms with Gasteiger partial charge in [-0.1, -0.05) is 23.7 Å². The Morgan fingerprint density at radius 1 is 1.42 bits per heavy atom. The zero-order valence-electron chi connectivity index (χ0n) is 13.3. The quantitative estimate of drug-likeness (QED) is 0.263. The molecule has 1 rings (SSSR count). The van der Waals surface area contributed by atoms with Gasteiger partial charge in [0.15, 0.2) is 12.0 Å². The second-order valence-electron chi connectivity index (χ2n) is 5.05. The third-order valence-electron chi connectivity index (χ3n) is 3.07. The third kappa shape index (κ3) is 6.84. The number of halogens is 1. The first-order valence-corrected chi connectivity index (χ1v) is 7.64. The van der Waals surface area contributed by atoms with E-state index in [2.05, 4.69) is 4.99 Å². The van der Waals surface area contributed by atoms with Crippen molar-refractivity contribution >= 4 is 29.4 Å². The number of hydrogen-bond donors (Lipinski definition) is 3. The van der Waals surface area contributed by atoms with E-state index in [0.29, 0.717) is 11.4 Å². The molecule has 0 heterocycles. The molecule has 5 N–H and O–H groups in total. The van der Waals surface area contributed by atoms with Crippen LogP contribution in [0.25, 0.3) is 0 Å². The number of carboxylic acid groups (broad SMARTS) is 1. The Kier molecular flexibility index (Phi) is 8.00. The van der Waals surface area contributed by atoms with Crippen molar-refractivity contribution in [2.24, 2.45) is 16.5 Å². The van der Waals surface area contributed by atoms with Crippen molar-refractivity contribution in [2.75, 3.05) is 6.54 Å². The van der Waals surface area contributed by atoms with Crippen molar-refractivity contribution in [2.45, 2.75) is 32.4 Å². The molecule has 1 aromatic rings. The molecule has 0 aromatic heterocycles. The Hall–Kier alpha value is -2.32. The minimum Gasteiger partial charge on any atom is -0.480 e. The SMILES string of the molecule is CC(=O)N(OCc1cccc(Cl)c1)[C@@H](CCCN=C(N)N)C(=O)O. The summed E-state index contributed by atoms with van der Waals surface area (Å²) >= 11 is 5.88. The van der Waals surface area contributed by atoms with E-state index in [0.717, 1.165) is 10.6 Å². The van der Waals surface area contributed by atoms with Crippen LogP contribution in [-0.2, 0) is 21.0 Å². The number of aliphatic carboxylic acids is 1. The van der Waals surface area contributed by atoms with E-state index in [9.17, 15) is 14.7 Å². The van der Waals surface area contributed by atoms with Crippen molar-refractivity contribution < 1.29 is 19.5 Å². The Labute approximate surface area is 145 Å². The Balaban J connectivity index is 2.72. The maximum atomic E-state index is 11.8. The molecule has 0 spiro atoms. The van der Waals surface area contributed by atoms with E-state index >= 15 is 0 Å². The van der Waals surface area contributed by atoms with E-state index in [1.165, 1.54) is 6.92 Å². The first-order chi connectivity index (χ1) is 11.3. The number of aliphatic imine (C=N–C) groups is 1. The highest BCUT2D eigenvalue weighted by Crippen LogP contribution is 2.15. The average molecular weight is 357 g/mol. The predicted molar refractivity (Wildman–Crippen MR) is 90.1 cm³/mol. The van der Waals surface area contributed by atoms with Crippen LogP contribution in [0.1, 0.15) is 25.3 Å². The summed E-state index contributed by atoms with van der Waals surface area (Å²) < 4.78 is 0. The first kappa shape index (κ1) is 19.7. The van der Waals surface area contributed by atoms with Gasteiger partial charge in [-0.05, 0) is 30.5 Å². The van der Waals surface area contributed by atoms with Crippen LogP contribution in [0.15, 0.2) is 29.3 Å². The third-order valence-corrected chi connectivity index (χ3v) is 3.30. The molecular weight excluding hydrogens is 336 g/mol. The van der Waals surface area contributed by atoms with Gasteiger partial charge in [0.05, 0.1) is 0 Å². The van der Waals surface area contributed by atoms with Crippen LogP contribution in [0.4, 0.5) is 0 Å².